The summed E-state index contributed by atoms with van der Waals surface area (Å²) in [6, 6.07) is 20.0. The van der Waals surface area contributed by atoms with Gasteiger partial charge in [0.05, 0.1) is 5.56 Å². The highest BCUT2D eigenvalue weighted by Gasteiger charge is 2.18. The fourth-order valence-electron chi connectivity index (χ4n) is 2.37. The maximum atomic E-state index is 12.7. The number of ketones is 1. The second-order valence-electron chi connectivity index (χ2n) is 5.34. The van der Waals surface area contributed by atoms with Crippen molar-refractivity contribution in [1.29, 1.82) is 0 Å². The van der Waals surface area contributed by atoms with Crippen LogP contribution in [0.25, 0.3) is 0 Å². The van der Waals surface area contributed by atoms with Crippen LogP contribution in [0.1, 0.15) is 26.3 Å². The number of amides is 1. The van der Waals surface area contributed by atoms with Crippen molar-refractivity contribution in [2.24, 2.45) is 0 Å². The standard InChI is InChI=1S/C20H13Cl2NO2/c21-14-7-5-13(6-8-14)19(24)17-3-1-2-4-18(17)20(25)23-16-11-9-15(22)10-12-16/h1-12H,(H,23,25). The quantitative estimate of drug-likeness (QED) is 0.619. The van der Waals surface area contributed by atoms with Gasteiger partial charge in [-0.1, -0.05) is 41.4 Å². The molecule has 1 amide bonds. The van der Waals surface area contributed by atoms with E-state index in [-0.39, 0.29) is 11.7 Å². The van der Waals surface area contributed by atoms with E-state index in [1.54, 1.807) is 72.8 Å². The smallest absolute Gasteiger partial charge is 0.256 e. The number of carbonyl (C=O) groups is 2. The Morgan fingerprint density at radius 3 is 1.80 bits per heavy atom. The molecule has 5 heteroatoms. The van der Waals surface area contributed by atoms with E-state index in [1.807, 2.05) is 0 Å². The summed E-state index contributed by atoms with van der Waals surface area (Å²) in [6.45, 7) is 0. The van der Waals surface area contributed by atoms with Crippen LogP contribution in [0.4, 0.5) is 5.69 Å². The van der Waals surface area contributed by atoms with Crippen molar-refractivity contribution in [3.8, 4) is 0 Å². The molecule has 0 saturated carbocycles. The predicted octanol–water partition coefficient (Wildman–Crippen LogP) is 5.48. The fraction of sp³-hybridized carbons (Fsp3) is 0. The lowest BCUT2D eigenvalue weighted by atomic mass is 9.98. The van der Waals surface area contributed by atoms with E-state index in [0.717, 1.165) is 0 Å². The van der Waals surface area contributed by atoms with Gasteiger partial charge >= 0.3 is 0 Å². The van der Waals surface area contributed by atoms with Crippen LogP contribution in [0, 0.1) is 0 Å². The van der Waals surface area contributed by atoms with Gasteiger partial charge in [-0.25, -0.2) is 0 Å². The minimum absolute atomic E-state index is 0.237. The topological polar surface area (TPSA) is 46.2 Å². The molecule has 0 radical (unpaired) electrons. The van der Waals surface area contributed by atoms with Crippen molar-refractivity contribution in [3.05, 3.63) is 99.5 Å². The van der Waals surface area contributed by atoms with Crippen molar-refractivity contribution < 1.29 is 9.59 Å². The van der Waals surface area contributed by atoms with Gasteiger partial charge in [0.2, 0.25) is 0 Å². The third-order valence-electron chi connectivity index (χ3n) is 3.62. The number of nitrogens with one attached hydrogen (secondary N) is 1. The summed E-state index contributed by atoms with van der Waals surface area (Å²) in [7, 11) is 0. The largest absolute Gasteiger partial charge is 0.322 e. The van der Waals surface area contributed by atoms with E-state index in [4.69, 9.17) is 23.2 Å². The Balaban J connectivity index is 1.89. The first kappa shape index (κ1) is 17.2. The average molecular weight is 370 g/mol. The summed E-state index contributed by atoms with van der Waals surface area (Å²) in [5.74, 6) is -0.598. The van der Waals surface area contributed by atoms with Crippen molar-refractivity contribution in [2.75, 3.05) is 5.32 Å². The molecular weight excluding hydrogens is 357 g/mol. The summed E-state index contributed by atoms with van der Waals surface area (Å²) in [4.78, 5) is 25.3. The SMILES string of the molecule is O=C(Nc1ccc(Cl)cc1)c1ccccc1C(=O)c1ccc(Cl)cc1. The van der Waals surface area contributed by atoms with Crippen LogP contribution in [0.2, 0.25) is 10.0 Å². The monoisotopic (exact) mass is 369 g/mol. The number of halogens is 2. The van der Waals surface area contributed by atoms with Crippen LogP contribution < -0.4 is 5.32 Å². The maximum Gasteiger partial charge on any atom is 0.256 e. The third kappa shape index (κ3) is 4.08. The summed E-state index contributed by atoms with van der Waals surface area (Å²) >= 11 is 11.7. The highest BCUT2D eigenvalue weighted by atomic mass is 35.5. The minimum Gasteiger partial charge on any atom is -0.322 e. The number of benzene rings is 3. The normalized spacial score (nSPS) is 10.3. The lowest BCUT2D eigenvalue weighted by molar-refractivity contribution is 0.0996. The van der Waals surface area contributed by atoms with Gasteiger partial charge in [-0.3, -0.25) is 9.59 Å². The van der Waals surface area contributed by atoms with E-state index in [0.29, 0.717) is 32.4 Å². The van der Waals surface area contributed by atoms with Gasteiger partial charge in [0.15, 0.2) is 5.78 Å². The van der Waals surface area contributed by atoms with Crippen molar-refractivity contribution in [2.45, 2.75) is 0 Å². The molecule has 124 valence electrons. The molecule has 3 nitrogen and oxygen atoms in total. The summed E-state index contributed by atoms with van der Waals surface area (Å²) < 4.78 is 0. The van der Waals surface area contributed by atoms with Gasteiger partial charge in [-0.2, -0.15) is 0 Å². The molecule has 3 aromatic carbocycles. The highest BCUT2D eigenvalue weighted by molar-refractivity contribution is 6.31. The molecule has 0 unspecified atom stereocenters. The molecule has 0 spiro atoms. The maximum absolute atomic E-state index is 12.7. The number of hydrogen-bond acceptors (Lipinski definition) is 2. The van der Waals surface area contributed by atoms with Gasteiger partial charge in [-0.05, 0) is 54.6 Å². The van der Waals surface area contributed by atoms with E-state index >= 15 is 0 Å². The minimum atomic E-state index is -0.361. The van der Waals surface area contributed by atoms with E-state index < -0.39 is 0 Å². The van der Waals surface area contributed by atoms with Crippen molar-refractivity contribution in [1.82, 2.24) is 0 Å². The first-order valence-corrected chi connectivity index (χ1v) is 8.26. The molecular formula is C20H13Cl2NO2. The van der Waals surface area contributed by atoms with Crippen LogP contribution in [0.15, 0.2) is 72.8 Å². The molecule has 3 aromatic rings. The fourth-order valence-corrected chi connectivity index (χ4v) is 2.62. The molecule has 0 aliphatic heterocycles. The van der Waals surface area contributed by atoms with E-state index in [9.17, 15) is 9.59 Å². The predicted molar refractivity (Wildman–Crippen MR) is 101 cm³/mol. The van der Waals surface area contributed by atoms with E-state index in [1.165, 1.54) is 0 Å². The Morgan fingerprint density at radius 2 is 1.20 bits per heavy atom. The molecule has 0 saturated heterocycles. The zero-order valence-electron chi connectivity index (χ0n) is 13.0. The molecule has 0 aromatic heterocycles. The van der Waals surface area contributed by atoms with Gasteiger partial charge < -0.3 is 5.32 Å². The molecule has 0 heterocycles. The molecule has 0 fully saturated rings. The second kappa shape index (κ2) is 7.51. The first-order chi connectivity index (χ1) is 12.0. The Bertz CT molecular complexity index is 919. The Morgan fingerprint density at radius 1 is 0.680 bits per heavy atom. The van der Waals surface area contributed by atoms with E-state index in [2.05, 4.69) is 5.32 Å². The van der Waals surface area contributed by atoms with Gasteiger partial charge in [-0.15, -0.1) is 0 Å². The van der Waals surface area contributed by atoms with Crippen LogP contribution in [0.3, 0.4) is 0 Å². The number of rotatable bonds is 4. The molecule has 0 bridgehead atoms. The van der Waals surface area contributed by atoms with Crippen LogP contribution in [-0.4, -0.2) is 11.7 Å². The Hall–Kier alpha value is -2.62. The molecule has 25 heavy (non-hydrogen) atoms. The zero-order chi connectivity index (χ0) is 17.8. The van der Waals surface area contributed by atoms with Crippen molar-refractivity contribution >= 4 is 40.6 Å². The summed E-state index contributed by atoms with van der Waals surface area (Å²) in [6.07, 6.45) is 0. The molecule has 1 N–H and O–H groups in total. The second-order valence-corrected chi connectivity index (χ2v) is 6.22. The van der Waals surface area contributed by atoms with Gasteiger partial charge in [0.25, 0.3) is 5.91 Å². The molecule has 0 aliphatic carbocycles. The first-order valence-electron chi connectivity index (χ1n) is 7.51. The molecule has 0 aliphatic rings. The van der Waals surface area contributed by atoms with Gasteiger partial charge in [0, 0.05) is 26.9 Å². The van der Waals surface area contributed by atoms with Crippen molar-refractivity contribution in [3.63, 3.8) is 0 Å². The molecule has 3 rings (SSSR count). The van der Waals surface area contributed by atoms with Gasteiger partial charge in [0.1, 0.15) is 0 Å². The summed E-state index contributed by atoms with van der Waals surface area (Å²) in [5.41, 5.74) is 1.70. The lowest BCUT2D eigenvalue weighted by Gasteiger charge is -2.10. The Labute approximate surface area is 155 Å². The van der Waals surface area contributed by atoms with Crippen LogP contribution in [-0.2, 0) is 0 Å². The van der Waals surface area contributed by atoms with Crippen LogP contribution in [0.5, 0.6) is 0 Å². The highest BCUT2D eigenvalue weighted by Crippen LogP contribution is 2.19. The number of carbonyl (C=O) groups excluding carboxylic acids is 2. The Kier molecular flexibility index (Phi) is 5.17. The number of anilines is 1. The van der Waals surface area contributed by atoms with Crippen LogP contribution >= 0.6 is 23.2 Å². The zero-order valence-corrected chi connectivity index (χ0v) is 14.5. The third-order valence-corrected chi connectivity index (χ3v) is 4.13. The lowest BCUT2D eigenvalue weighted by Crippen LogP contribution is -2.16. The average Bonchev–Trinajstić information content (AvgIpc) is 2.63. The number of hydrogen-bond donors (Lipinski definition) is 1. The molecule has 0 atom stereocenters. The summed E-state index contributed by atoms with van der Waals surface area (Å²) in [5, 5.41) is 3.90.